The molecule has 0 aromatic heterocycles. The molecule has 0 radical (unpaired) electrons. The Morgan fingerprint density at radius 2 is 1.14 bits per heavy atom. The quantitative estimate of drug-likeness (QED) is 0.417. The molecule has 0 saturated heterocycles. The predicted molar refractivity (Wildman–Crippen MR) is 78.2 cm³/mol. The summed E-state index contributed by atoms with van der Waals surface area (Å²) >= 11 is 0. The minimum absolute atomic E-state index is 0.181. The maximum Gasteiger partial charge on any atom is 0.381 e. The molecule has 0 aliphatic rings. The van der Waals surface area contributed by atoms with Crippen LogP contribution in [0.3, 0.4) is 0 Å². The van der Waals surface area contributed by atoms with Gasteiger partial charge in [0.1, 0.15) is 13.2 Å². The minimum atomic E-state index is -3.41. The molecular weight excluding hydrogens is 291 g/mol. The first-order valence-electron chi connectivity index (χ1n) is 6.43. The van der Waals surface area contributed by atoms with Crippen molar-refractivity contribution in [2.45, 2.75) is 13.2 Å². The van der Waals surface area contributed by atoms with E-state index in [0.29, 0.717) is 0 Å². The third kappa shape index (κ3) is 6.21. The topological polar surface area (TPSA) is 54.0 Å². The van der Waals surface area contributed by atoms with Crippen LogP contribution in [-0.4, -0.2) is 6.66 Å². The molecule has 0 amide bonds. The van der Waals surface area contributed by atoms with Crippen LogP contribution in [0.2, 0.25) is 0 Å². The van der Waals surface area contributed by atoms with Gasteiger partial charge in [0.05, 0.1) is 0 Å². The molecule has 6 heteroatoms. The molecule has 21 heavy (non-hydrogen) atoms. The highest BCUT2D eigenvalue weighted by atomic mass is 31.2. The molecular formula is C15H17O5P. The molecule has 2 aromatic rings. The predicted octanol–water partition coefficient (Wildman–Crippen LogP) is 4.11. The average molecular weight is 308 g/mol. The third-order valence-electron chi connectivity index (χ3n) is 2.51. The van der Waals surface area contributed by atoms with Gasteiger partial charge in [0.15, 0.2) is 0 Å². The summed E-state index contributed by atoms with van der Waals surface area (Å²) in [4.78, 5) is 9.84. The van der Waals surface area contributed by atoms with Gasteiger partial charge in [0, 0.05) is 6.66 Å². The lowest BCUT2D eigenvalue weighted by Crippen LogP contribution is -1.99. The number of hydrogen-bond acceptors (Lipinski definition) is 5. The van der Waals surface area contributed by atoms with Gasteiger partial charge in [-0.2, -0.15) is 0 Å². The molecule has 0 aliphatic heterocycles. The Bertz CT molecular complexity index is 524. The lowest BCUT2D eigenvalue weighted by Gasteiger charge is -2.12. The summed E-state index contributed by atoms with van der Waals surface area (Å²) in [5.74, 6) is 0. The van der Waals surface area contributed by atoms with E-state index in [9.17, 15) is 4.57 Å². The molecule has 0 heterocycles. The van der Waals surface area contributed by atoms with Crippen molar-refractivity contribution in [2.75, 3.05) is 6.66 Å². The molecule has 0 spiro atoms. The average Bonchev–Trinajstić information content (AvgIpc) is 2.49. The van der Waals surface area contributed by atoms with Crippen molar-refractivity contribution in [3.63, 3.8) is 0 Å². The fourth-order valence-corrected chi connectivity index (χ4v) is 2.05. The second-order valence-electron chi connectivity index (χ2n) is 4.42. The Hall–Kier alpha value is -1.49. The van der Waals surface area contributed by atoms with Crippen molar-refractivity contribution >= 4 is 7.60 Å². The summed E-state index contributed by atoms with van der Waals surface area (Å²) in [6.45, 7) is 1.64. The van der Waals surface area contributed by atoms with Crippen LogP contribution in [0.1, 0.15) is 11.1 Å². The smallest absolute Gasteiger partial charge is 0.255 e. The Morgan fingerprint density at radius 1 is 0.762 bits per heavy atom. The van der Waals surface area contributed by atoms with Crippen LogP contribution in [0, 0.1) is 0 Å². The monoisotopic (exact) mass is 308 g/mol. The van der Waals surface area contributed by atoms with E-state index in [2.05, 4.69) is 0 Å². The van der Waals surface area contributed by atoms with Crippen LogP contribution in [0.4, 0.5) is 0 Å². The number of benzene rings is 2. The van der Waals surface area contributed by atoms with Crippen LogP contribution in [0.5, 0.6) is 0 Å². The molecule has 2 aromatic carbocycles. The first-order valence-corrected chi connectivity index (χ1v) is 8.42. The molecule has 0 bridgehead atoms. The van der Waals surface area contributed by atoms with E-state index >= 15 is 0 Å². The highest BCUT2D eigenvalue weighted by molar-refractivity contribution is 7.52. The molecule has 5 nitrogen and oxygen atoms in total. The van der Waals surface area contributed by atoms with Crippen molar-refractivity contribution in [2.24, 2.45) is 0 Å². The Balaban J connectivity index is 1.68. The molecule has 0 unspecified atom stereocenters. The maximum atomic E-state index is 11.9. The van der Waals surface area contributed by atoms with E-state index in [1.54, 1.807) is 0 Å². The molecule has 0 N–H and O–H groups in total. The zero-order valence-electron chi connectivity index (χ0n) is 11.7. The number of rotatable bonds is 8. The van der Waals surface area contributed by atoms with Crippen LogP contribution in [0.15, 0.2) is 60.7 Å². The Kier molecular flexibility index (Phi) is 6.11. The van der Waals surface area contributed by atoms with Crippen molar-refractivity contribution in [1.82, 2.24) is 0 Å². The SMILES string of the molecule is CP(=O)(OOCc1ccccc1)OOCc1ccccc1. The van der Waals surface area contributed by atoms with Crippen LogP contribution >= 0.6 is 7.60 Å². The standard InChI is InChI=1S/C15H17O5P/c1-21(16,19-17-12-14-8-4-2-5-9-14)20-18-13-15-10-6-3-7-11-15/h2-11H,12-13H2,1H3. The van der Waals surface area contributed by atoms with E-state index in [1.807, 2.05) is 60.7 Å². The van der Waals surface area contributed by atoms with E-state index in [4.69, 9.17) is 19.1 Å². The van der Waals surface area contributed by atoms with Crippen molar-refractivity contribution in [3.8, 4) is 0 Å². The second-order valence-corrected chi connectivity index (χ2v) is 6.26. The van der Waals surface area contributed by atoms with Crippen molar-refractivity contribution in [3.05, 3.63) is 71.8 Å². The van der Waals surface area contributed by atoms with Crippen molar-refractivity contribution < 1.29 is 23.7 Å². The van der Waals surface area contributed by atoms with Crippen molar-refractivity contribution in [1.29, 1.82) is 0 Å². The van der Waals surface area contributed by atoms with Gasteiger partial charge in [-0.05, 0) is 11.1 Å². The van der Waals surface area contributed by atoms with Gasteiger partial charge in [0.2, 0.25) is 0 Å². The van der Waals surface area contributed by atoms with E-state index in [1.165, 1.54) is 6.66 Å². The molecule has 0 fully saturated rings. The molecule has 0 aliphatic carbocycles. The first-order chi connectivity index (χ1) is 10.2. The Labute approximate surface area is 123 Å². The second kappa shape index (κ2) is 8.08. The van der Waals surface area contributed by atoms with Gasteiger partial charge < -0.3 is 0 Å². The maximum absolute atomic E-state index is 11.9. The van der Waals surface area contributed by atoms with E-state index in [-0.39, 0.29) is 13.2 Å². The highest BCUT2D eigenvalue weighted by Gasteiger charge is 2.20. The number of hydrogen-bond donors (Lipinski definition) is 0. The summed E-state index contributed by atoms with van der Waals surface area (Å²) in [5, 5.41) is 0. The zero-order valence-corrected chi connectivity index (χ0v) is 12.6. The van der Waals surface area contributed by atoms with Crippen LogP contribution in [-0.2, 0) is 36.9 Å². The zero-order chi connectivity index (χ0) is 15.0. The summed E-state index contributed by atoms with van der Waals surface area (Å²) in [5.41, 5.74) is 1.81. The normalized spacial score (nSPS) is 11.5. The fraction of sp³-hybridized carbons (Fsp3) is 0.200. The summed E-state index contributed by atoms with van der Waals surface area (Å²) < 4.78 is 21.5. The van der Waals surface area contributed by atoms with Gasteiger partial charge in [-0.1, -0.05) is 60.7 Å². The summed E-state index contributed by atoms with van der Waals surface area (Å²) in [6, 6.07) is 18.8. The molecule has 112 valence electrons. The highest BCUT2D eigenvalue weighted by Crippen LogP contribution is 2.44. The van der Waals surface area contributed by atoms with Gasteiger partial charge in [-0.15, -0.1) is 9.35 Å². The first kappa shape index (κ1) is 15.9. The Morgan fingerprint density at radius 3 is 1.52 bits per heavy atom. The van der Waals surface area contributed by atoms with E-state index < -0.39 is 7.60 Å². The fourth-order valence-electron chi connectivity index (χ4n) is 1.54. The summed E-state index contributed by atoms with van der Waals surface area (Å²) in [7, 11) is -3.41. The lowest BCUT2D eigenvalue weighted by atomic mass is 10.2. The van der Waals surface area contributed by atoms with Crippen LogP contribution < -0.4 is 0 Å². The van der Waals surface area contributed by atoms with Gasteiger partial charge >= 0.3 is 7.60 Å². The summed E-state index contributed by atoms with van der Waals surface area (Å²) in [6.07, 6.45) is 0. The van der Waals surface area contributed by atoms with Gasteiger partial charge in [0.25, 0.3) is 0 Å². The van der Waals surface area contributed by atoms with E-state index in [0.717, 1.165) is 11.1 Å². The molecule has 0 atom stereocenters. The largest absolute Gasteiger partial charge is 0.381 e. The molecule has 0 saturated carbocycles. The van der Waals surface area contributed by atoms with Gasteiger partial charge in [-0.3, -0.25) is 4.57 Å². The third-order valence-corrected chi connectivity index (χ3v) is 3.27. The lowest BCUT2D eigenvalue weighted by molar-refractivity contribution is -0.275. The van der Waals surface area contributed by atoms with Crippen LogP contribution in [0.25, 0.3) is 0 Å². The van der Waals surface area contributed by atoms with Gasteiger partial charge in [-0.25, -0.2) is 9.78 Å². The molecule has 2 rings (SSSR count). The minimum Gasteiger partial charge on any atom is -0.255 e.